The molecular formula is C27H23NO3. The van der Waals surface area contributed by atoms with Crippen molar-refractivity contribution in [1.82, 2.24) is 0 Å². The second-order valence-corrected chi connectivity index (χ2v) is 8.13. The van der Waals surface area contributed by atoms with Gasteiger partial charge in [0.25, 0.3) is 5.91 Å². The minimum Gasteiger partial charge on any atom is -0.449 e. The normalized spacial score (nSPS) is 16.3. The van der Waals surface area contributed by atoms with E-state index in [1.165, 1.54) is 0 Å². The number of anilines is 1. The van der Waals surface area contributed by atoms with Gasteiger partial charge in [-0.2, -0.15) is 0 Å². The molecule has 4 nitrogen and oxygen atoms in total. The second kappa shape index (κ2) is 7.55. The number of esters is 1. The van der Waals surface area contributed by atoms with Crippen LogP contribution in [-0.4, -0.2) is 24.0 Å². The number of fused-ring (bicyclic) bond motifs is 3. The number of rotatable bonds is 3. The molecule has 31 heavy (non-hydrogen) atoms. The van der Waals surface area contributed by atoms with Gasteiger partial charge in [0.2, 0.25) is 0 Å². The van der Waals surface area contributed by atoms with E-state index in [2.05, 4.69) is 6.07 Å². The molecule has 2 atom stereocenters. The van der Waals surface area contributed by atoms with Crippen LogP contribution < -0.4 is 4.90 Å². The molecule has 1 heterocycles. The van der Waals surface area contributed by atoms with Gasteiger partial charge in [-0.15, -0.1) is 0 Å². The lowest BCUT2D eigenvalue weighted by atomic mass is 9.97. The molecule has 154 valence electrons. The van der Waals surface area contributed by atoms with Gasteiger partial charge in [0, 0.05) is 11.7 Å². The highest BCUT2D eigenvalue weighted by Gasteiger charge is 2.34. The fourth-order valence-electron chi connectivity index (χ4n) is 4.60. The van der Waals surface area contributed by atoms with E-state index < -0.39 is 12.1 Å². The summed E-state index contributed by atoms with van der Waals surface area (Å²) in [7, 11) is 0. The van der Waals surface area contributed by atoms with Gasteiger partial charge < -0.3 is 9.64 Å². The molecule has 4 aromatic rings. The van der Waals surface area contributed by atoms with E-state index in [0.717, 1.165) is 39.2 Å². The van der Waals surface area contributed by atoms with Gasteiger partial charge in [-0.05, 0) is 59.5 Å². The van der Waals surface area contributed by atoms with Crippen LogP contribution in [0.25, 0.3) is 21.5 Å². The third-order valence-electron chi connectivity index (χ3n) is 6.05. The molecule has 0 saturated carbocycles. The highest BCUT2D eigenvalue weighted by Crippen LogP contribution is 2.33. The summed E-state index contributed by atoms with van der Waals surface area (Å²) < 4.78 is 5.76. The lowest BCUT2D eigenvalue weighted by Gasteiger charge is -2.26. The second-order valence-electron chi connectivity index (χ2n) is 8.13. The molecule has 5 rings (SSSR count). The number of ether oxygens (including phenoxy) is 1. The highest BCUT2D eigenvalue weighted by molar-refractivity contribution is 6.17. The van der Waals surface area contributed by atoms with Crippen LogP contribution in [0.1, 0.15) is 29.8 Å². The van der Waals surface area contributed by atoms with Gasteiger partial charge in [-0.25, -0.2) is 4.79 Å². The van der Waals surface area contributed by atoms with Crippen molar-refractivity contribution in [3.8, 4) is 0 Å². The zero-order chi connectivity index (χ0) is 21.5. The maximum Gasteiger partial charge on any atom is 0.340 e. The Morgan fingerprint density at radius 2 is 1.48 bits per heavy atom. The van der Waals surface area contributed by atoms with Crippen molar-refractivity contribution in [3.05, 3.63) is 90.0 Å². The monoisotopic (exact) mass is 409 g/mol. The molecular weight excluding hydrogens is 386 g/mol. The van der Waals surface area contributed by atoms with E-state index in [1.807, 2.05) is 79.7 Å². The molecule has 0 aromatic heterocycles. The molecule has 1 amide bonds. The Hall–Kier alpha value is -3.66. The minimum atomic E-state index is -0.890. The largest absolute Gasteiger partial charge is 0.449 e. The van der Waals surface area contributed by atoms with Crippen molar-refractivity contribution < 1.29 is 14.3 Å². The minimum absolute atomic E-state index is 0.0319. The van der Waals surface area contributed by atoms with Crippen molar-refractivity contribution in [2.24, 2.45) is 0 Å². The Kier molecular flexibility index (Phi) is 4.70. The molecule has 4 aromatic carbocycles. The zero-order valence-electron chi connectivity index (χ0n) is 17.5. The fourth-order valence-corrected chi connectivity index (χ4v) is 4.60. The predicted octanol–water partition coefficient (Wildman–Crippen LogP) is 5.52. The molecule has 0 N–H and O–H groups in total. The summed E-state index contributed by atoms with van der Waals surface area (Å²) in [6.07, 6.45) is -0.0878. The number of hydrogen-bond donors (Lipinski definition) is 0. The molecule has 0 spiro atoms. The van der Waals surface area contributed by atoms with Crippen LogP contribution in [0.5, 0.6) is 0 Å². The van der Waals surface area contributed by atoms with Gasteiger partial charge in [-0.3, -0.25) is 4.79 Å². The Balaban J connectivity index is 1.49. The number of carbonyl (C=O) groups is 2. The third kappa shape index (κ3) is 3.25. The van der Waals surface area contributed by atoms with E-state index in [9.17, 15) is 9.59 Å². The number of para-hydroxylation sites is 1. The zero-order valence-corrected chi connectivity index (χ0v) is 17.5. The average molecular weight is 409 g/mol. The van der Waals surface area contributed by atoms with E-state index in [1.54, 1.807) is 11.8 Å². The summed E-state index contributed by atoms with van der Waals surface area (Å²) >= 11 is 0. The molecule has 0 aliphatic carbocycles. The van der Waals surface area contributed by atoms with Gasteiger partial charge in [-0.1, -0.05) is 66.7 Å². The molecule has 0 bridgehead atoms. The Labute approximate surface area is 181 Å². The fraction of sp³-hybridized carbons (Fsp3) is 0.185. The third-order valence-corrected chi connectivity index (χ3v) is 6.05. The first kappa shape index (κ1) is 19.3. The van der Waals surface area contributed by atoms with Crippen LogP contribution in [0, 0.1) is 0 Å². The molecule has 1 aliphatic rings. The number of nitrogens with zero attached hydrogens (tertiary/aromatic N) is 1. The summed E-state index contributed by atoms with van der Waals surface area (Å²) in [5.41, 5.74) is 2.55. The Morgan fingerprint density at radius 3 is 2.16 bits per heavy atom. The van der Waals surface area contributed by atoms with Gasteiger partial charge in [0.1, 0.15) is 0 Å². The van der Waals surface area contributed by atoms with E-state index >= 15 is 0 Å². The number of hydrogen-bond acceptors (Lipinski definition) is 3. The number of amides is 1. The summed E-state index contributed by atoms with van der Waals surface area (Å²) in [4.78, 5) is 28.4. The van der Waals surface area contributed by atoms with Crippen LogP contribution in [0.15, 0.2) is 78.9 Å². The maximum atomic E-state index is 13.3. The first-order valence-electron chi connectivity index (χ1n) is 10.6. The SMILES string of the molecule is C[C@@H]1Cc2ccccc2N1C(=O)[C@@H](C)OC(=O)c1c2ccccc2cc2ccccc12. The summed E-state index contributed by atoms with van der Waals surface area (Å²) in [6, 6.07) is 25.5. The lowest BCUT2D eigenvalue weighted by Crippen LogP contribution is -2.43. The molecule has 1 aliphatic heterocycles. The van der Waals surface area contributed by atoms with E-state index in [-0.39, 0.29) is 11.9 Å². The Morgan fingerprint density at radius 1 is 0.903 bits per heavy atom. The topological polar surface area (TPSA) is 46.6 Å². The van der Waals surface area contributed by atoms with Crippen molar-refractivity contribution in [2.75, 3.05) is 4.90 Å². The van der Waals surface area contributed by atoms with Crippen LogP contribution >= 0.6 is 0 Å². The first-order valence-corrected chi connectivity index (χ1v) is 10.6. The number of carbonyl (C=O) groups excluding carboxylic acids is 2. The summed E-state index contributed by atoms with van der Waals surface area (Å²) in [5.74, 6) is -0.677. The molecule has 0 unspecified atom stereocenters. The van der Waals surface area contributed by atoms with Crippen molar-refractivity contribution >= 4 is 39.1 Å². The Bertz CT molecular complexity index is 1270. The van der Waals surface area contributed by atoms with Gasteiger partial charge in [0.05, 0.1) is 5.56 Å². The maximum absolute atomic E-state index is 13.3. The van der Waals surface area contributed by atoms with Crippen molar-refractivity contribution in [1.29, 1.82) is 0 Å². The van der Waals surface area contributed by atoms with Gasteiger partial charge in [0.15, 0.2) is 6.10 Å². The average Bonchev–Trinajstić information content (AvgIpc) is 3.12. The molecule has 4 heteroatoms. The predicted molar refractivity (Wildman–Crippen MR) is 123 cm³/mol. The molecule has 0 fully saturated rings. The van der Waals surface area contributed by atoms with Gasteiger partial charge >= 0.3 is 5.97 Å². The summed E-state index contributed by atoms with van der Waals surface area (Å²) in [6.45, 7) is 3.67. The summed E-state index contributed by atoms with van der Waals surface area (Å²) in [5, 5.41) is 3.58. The molecule has 0 saturated heterocycles. The number of benzene rings is 4. The quantitative estimate of drug-likeness (QED) is 0.331. The highest BCUT2D eigenvalue weighted by atomic mass is 16.5. The van der Waals surface area contributed by atoms with Crippen LogP contribution in [0.4, 0.5) is 5.69 Å². The van der Waals surface area contributed by atoms with Crippen LogP contribution in [0.2, 0.25) is 0 Å². The standard InChI is InChI=1S/C27H23NO3/c1-17-15-21-11-5-8-14-24(21)28(17)26(29)18(2)31-27(30)25-22-12-6-3-9-19(22)16-20-10-4-7-13-23(20)25/h3-14,16-18H,15H2,1-2H3/t17-,18-/m1/s1. The first-order chi connectivity index (χ1) is 15.0. The van der Waals surface area contributed by atoms with E-state index in [4.69, 9.17) is 4.74 Å². The molecule has 0 radical (unpaired) electrons. The van der Waals surface area contributed by atoms with Crippen molar-refractivity contribution in [3.63, 3.8) is 0 Å². The van der Waals surface area contributed by atoms with Crippen molar-refractivity contribution in [2.45, 2.75) is 32.4 Å². The van der Waals surface area contributed by atoms with E-state index in [0.29, 0.717) is 5.56 Å². The van der Waals surface area contributed by atoms with Crippen LogP contribution in [0.3, 0.4) is 0 Å². The lowest BCUT2D eigenvalue weighted by molar-refractivity contribution is -0.126. The van der Waals surface area contributed by atoms with Crippen LogP contribution in [-0.2, 0) is 16.0 Å². The smallest absolute Gasteiger partial charge is 0.340 e.